The van der Waals surface area contributed by atoms with Crippen molar-refractivity contribution in [2.75, 3.05) is 17.8 Å². The lowest BCUT2D eigenvalue weighted by Crippen LogP contribution is -2.37. The fourth-order valence-corrected chi connectivity index (χ4v) is 3.65. The normalized spacial score (nSPS) is 14.9. The van der Waals surface area contributed by atoms with Crippen molar-refractivity contribution in [2.24, 2.45) is 0 Å². The zero-order valence-corrected chi connectivity index (χ0v) is 17.8. The van der Waals surface area contributed by atoms with Crippen LogP contribution in [0, 0.1) is 0 Å². The smallest absolute Gasteiger partial charge is 0.247 e. The summed E-state index contributed by atoms with van der Waals surface area (Å²) in [6.07, 6.45) is 1.52. The molecule has 0 bridgehead atoms. The molecule has 0 unspecified atom stereocenters. The molecule has 1 aliphatic heterocycles. The zero-order valence-electron chi connectivity index (χ0n) is 17.0. The van der Waals surface area contributed by atoms with E-state index in [4.69, 9.17) is 9.47 Å². The molecule has 8 heteroatoms. The van der Waals surface area contributed by atoms with Gasteiger partial charge in [0.15, 0.2) is 5.69 Å². The minimum Gasteiger partial charge on any atom is -0.494 e. The van der Waals surface area contributed by atoms with Gasteiger partial charge in [0.1, 0.15) is 5.75 Å². The number of carbonyl (C=O) groups is 1. The van der Waals surface area contributed by atoms with Crippen LogP contribution in [-0.4, -0.2) is 34.0 Å². The highest BCUT2D eigenvalue weighted by Gasteiger charge is 2.35. The van der Waals surface area contributed by atoms with E-state index in [1.807, 2.05) is 68.6 Å². The Morgan fingerprint density at radius 2 is 1.90 bits per heavy atom. The van der Waals surface area contributed by atoms with Gasteiger partial charge < -0.3 is 9.47 Å². The molecule has 0 N–H and O–H groups in total. The highest BCUT2D eigenvalue weighted by molar-refractivity contribution is 7.98. The van der Waals surface area contributed by atoms with Gasteiger partial charge in [0, 0.05) is 17.5 Å². The van der Waals surface area contributed by atoms with Gasteiger partial charge in [-0.2, -0.15) is 4.98 Å². The van der Waals surface area contributed by atoms with Crippen LogP contribution < -0.4 is 14.4 Å². The molecule has 1 atom stereocenters. The van der Waals surface area contributed by atoms with Crippen molar-refractivity contribution in [2.45, 2.75) is 31.7 Å². The molecule has 2 heterocycles. The van der Waals surface area contributed by atoms with Crippen LogP contribution in [0.2, 0.25) is 0 Å². The number of rotatable bonds is 5. The Hall–Kier alpha value is -3.13. The molecule has 0 aliphatic carbocycles. The maximum Gasteiger partial charge on any atom is 0.247 e. The average Bonchev–Trinajstić information content (AvgIpc) is 2.93. The topological polar surface area (TPSA) is 77.4 Å². The third kappa shape index (κ3) is 3.70. The molecular weight excluding hydrogens is 400 g/mol. The number of fused-ring (bicyclic) bond motifs is 3. The highest BCUT2D eigenvalue weighted by Crippen LogP contribution is 2.43. The van der Waals surface area contributed by atoms with E-state index in [0.717, 1.165) is 22.6 Å². The summed E-state index contributed by atoms with van der Waals surface area (Å²) in [6, 6.07) is 15.2. The Morgan fingerprint density at radius 1 is 1.13 bits per heavy atom. The SMILES string of the molecule is CCOc1ccc([C@@H]2Oc3nc(SC)nnc3-c3ccccc3N2C(=O)CC)cc1. The second-order valence-corrected chi connectivity index (χ2v) is 7.33. The van der Waals surface area contributed by atoms with E-state index in [0.29, 0.717) is 29.8 Å². The van der Waals surface area contributed by atoms with E-state index in [9.17, 15) is 4.79 Å². The van der Waals surface area contributed by atoms with E-state index in [1.54, 1.807) is 4.90 Å². The molecule has 1 aromatic heterocycles. The molecule has 0 radical (unpaired) electrons. The van der Waals surface area contributed by atoms with Crippen LogP contribution in [0.15, 0.2) is 53.7 Å². The average molecular weight is 423 g/mol. The molecule has 1 aliphatic rings. The predicted octanol–water partition coefficient (Wildman–Crippen LogP) is 4.49. The lowest BCUT2D eigenvalue weighted by molar-refractivity contribution is -0.120. The number of ether oxygens (including phenoxy) is 2. The maximum absolute atomic E-state index is 13.1. The first-order valence-electron chi connectivity index (χ1n) is 9.75. The fraction of sp³-hybridized carbons (Fsp3) is 0.273. The van der Waals surface area contributed by atoms with Crippen LogP contribution in [0.5, 0.6) is 11.6 Å². The van der Waals surface area contributed by atoms with Gasteiger partial charge >= 0.3 is 0 Å². The van der Waals surface area contributed by atoms with Gasteiger partial charge in [0.05, 0.1) is 12.3 Å². The fourth-order valence-electron chi connectivity index (χ4n) is 3.35. The number of nitrogens with zero attached hydrogens (tertiary/aromatic N) is 4. The summed E-state index contributed by atoms with van der Waals surface area (Å²) in [4.78, 5) is 19.3. The van der Waals surface area contributed by atoms with E-state index < -0.39 is 6.23 Å². The lowest BCUT2D eigenvalue weighted by Gasteiger charge is -2.30. The molecule has 154 valence electrons. The number of aromatic nitrogens is 3. The summed E-state index contributed by atoms with van der Waals surface area (Å²) in [5.41, 5.74) is 2.81. The van der Waals surface area contributed by atoms with E-state index in [1.165, 1.54) is 11.8 Å². The molecule has 0 fully saturated rings. The van der Waals surface area contributed by atoms with Gasteiger partial charge in [-0.3, -0.25) is 9.69 Å². The summed E-state index contributed by atoms with van der Waals surface area (Å²) in [6.45, 7) is 4.36. The molecule has 0 spiro atoms. The third-order valence-electron chi connectivity index (χ3n) is 4.74. The number of hydrogen-bond donors (Lipinski definition) is 0. The highest BCUT2D eigenvalue weighted by atomic mass is 32.2. The molecule has 4 rings (SSSR count). The van der Waals surface area contributed by atoms with Crippen LogP contribution >= 0.6 is 11.8 Å². The van der Waals surface area contributed by atoms with E-state index in [2.05, 4.69) is 15.2 Å². The van der Waals surface area contributed by atoms with Crippen LogP contribution in [0.4, 0.5) is 5.69 Å². The van der Waals surface area contributed by atoms with Crippen molar-refractivity contribution in [1.29, 1.82) is 0 Å². The number of carbonyl (C=O) groups excluding carboxylic acids is 1. The van der Waals surface area contributed by atoms with Gasteiger partial charge in [0.2, 0.25) is 23.2 Å². The molecule has 2 aromatic carbocycles. The predicted molar refractivity (Wildman–Crippen MR) is 116 cm³/mol. The molecule has 30 heavy (non-hydrogen) atoms. The number of anilines is 1. The summed E-state index contributed by atoms with van der Waals surface area (Å²) >= 11 is 1.38. The number of para-hydroxylation sites is 1. The van der Waals surface area contributed by atoms with Gasteiger partial charge in [-0.15, -0.1) is 10.2 Å². The minimum absolute atomic E-state index is 0.0628. The van der Waals surface area contributed by atoms with Crippen molar-refractivity contribution in [3.63, 3.8) is 0 Å². The molecule has 0 saturated heterocycles. The van der Waals surface area contributed by atoms with Crippen LogP contribution in [0.3, 0.4) is 0 Å². The van der Waals surface area contributed by atoms with Crippen LogP contribution in [0.25, 0.3) is 11.3 Å². The Morgan fingerprint density at radius 3 is 2.60 bits per heavy atom. The van der Waals surface area contributed by atoms with Gasteiger partial charge in [0.25, 0.3) is 0 Å². The summed E-state index contributed by atoms with van der Waals surface area (Å²) < 4.78 is 11.9. The first-order chi connectivity index (χ1) is 14.7. The third-order valence-corrected chi connectivity index (χ3v) is 5.28. The number of thioether (sulfide) groups is 1. The second-order valence-electron chi connectivity index (χ2n) is 6.56. The molecule has 7 nitrogen and oxygen atoms in total. The first-order valence-corrected chi connectivity index (χ1v) is 11.0. The molecule has 1 amide bonds. The molecule has 3 aromatic rings. The Balaban J connectivity index is 1.90. The standard InChI is InChI=1S/C22H22N4O3S/c1-4-18(27)26-17-9-7-6-8-16(17)19-20(23-22(30-3)25-24-19)29-21(26)14-10-12-15(13-11-14)28-5-2/h6-13,21H,4-5H2,1-3H3/t21-/m0/s1. The van der Waals surface area contributed by atoms with Crippen molar-refractivity contribution in [3.8, 4) is 22.9 Å². The Bertz CT molecular complexity index is 1060. The van der Waals surface area contributed by atoms with Gasteiger partial charge in [-0.05, 0) is 43.5 Å². The lowest BCUT2D eigenvalue weighted by atomic mass is 10.1. The summed E-state index contributed by atoms with van der Waals surface area (Å²) in [5.74, 6) is 1.05. The minimum atomic E-state index is -0.693. The second kappa shape index (κ2) is 8.71. The molecule has 0 saturated carbocycles. The molecular formula is C22H22N4O3S. The van der Waals surface area contributed by atoms with Crippen LogP contribution in [0.1, 0.15) is 32.1 Å². The van der Waals surface area contributed by atoms with Gasteiger partial charge in [-0.1, -0.05) is 36.9 Å². The zero-order chi connectivity index (χ0) is 21.1. The van der Waals surface area contributed by atoms with Crippen molar-refractivity contribution in [3.05, 3.63) is 54.1 Å². The quantitative estimate of drug-likeness (QED) is 0.561. The van der Waals surface area contributed by atoms with E-state index >= 15 is 0 Å². The largest absolute Gasteiger partial charge is 0.494 e. The maximum atomic E-state index is 13.1. The van der Waals surface area contributed by atoms with Crippen LogP contribution in [-0.2, 0) is 4.79 Å². The van der Waals surface area contributed by atoms with Crippen molar-refractivity contribution < 1.29 is 14.3 Å². The van der Waals surface area contributed by atoms with Crippen molar-refractivity contribution >= 4 is 23.4 Å². The van der Waals surface area contributed by atoms with Crippen molar-refractivity contribution in [1.82, 2.24) is 15.2 Å². The van der Waals surface area contributed by atoms with Gasteiger partial charge in [-0.25, -0.2) is 0 Å². The Kier molecular flexibility index (Phi) is 5.85. The first kappa shape index (κ1) is 20.2. The number of benzene rings is 2. The summed E-state index contributed by atoms with van der Waals surface area (Å²) in [7, 11) is 0. The monoisotopic (exact) mass is 422 g/mol. The summed E-state index contributed by atoms with van der Waals surface area (Å²) in [5, 5.41) is 9.04. The van der Waals surface area contributed by atoms with E-state index in [-0.39, 0.29) is 5.91 Å². The number of amides is 1. The Labute approximate surface area is 179 Å². The number of hydrogen-bond acceptors (Lipinski definition) is 7.